The number of rotatable bonds is 4. The molecule has 6 heteroatoms. The molecule has 1 aromatic carbocycles. The molecule has 0 aliphatic carbocycles. The van der Waals surface area contributed by atoms with Crippen molar-refractivity contribution in [2.24, 2.45) is 0 Å². The highest BCUT2D eigenvalue weighted by Gasteiger charge is 2.27. The number of fused-ring (bicyclic) bond motifs is 1. The van der Waals surface area contributed by atoms with Gasteiger partial charge in [-0.3, -0.25) is 4.79 Å². The summed E-state index contributed by atoms with van der Waals surface area (Å²) in [6, 6.07) is 4.10. The first-order valence-corrected chi connectivity index (χ1v) is 6.54. The van der Waals surface area contributed by atoms with E-state index in [1.807, 2.05) is 6.07 Å². The van der Waals surface area contributed by atoms with Crippen molar-refractivity contribution in [1.82, 2.24) is 10.6 Å². The average Bonchev–Trinajstić information content (AvgIpc) is 2.43. The Labute approximate surface area is 116 Å². The standard InChI is InChI=1S/C14H18N2O4/c1-8(17)12(14(19)20)16-13(18)11-4-2-3-9-7-15-6-5-10(9)11/h2-4,8,12,15,17H,5-7H2,1H3,(H,16,18)(H,19,20). The molecule has 0 fully saturated rings. The van der Waals surface area contributed by atoms with E-state index in [1.54, 1.807) is 12.1 Å². The van der Waals surface area contributed by atoms with E-state index in [0.717, 1.165) is 24.1 Å². The molecule has 2 rings (SSSR count). The van der Waals surface area contributed by atoms with Gasteiger partial charge in [0.15, 0.2) is 6.04 Å². The third-order valence-electron chi connectivity index (χ3n) is 3.42. The molecule has 0 bridgehead atoms. The minimum atomic E-state index is -1.31. The largest absolute Gasteiger partial charge is 0.480 e. The summed E-state index contributed by atoms with van der Waals surface area (Å²) in [7, 11) is 0. The molecule has 2 atom stereocenters. The number of hydrogen-bond donors (Lipinski definition) is 4. The van der Waals surface area contributed by atoms with Gasteiger partial charge in [-0.15, -0.1) is 0 Å². The second kappa shape index (κ2) is 6.02. The van der Waals surface area contributed by atoms with Crippen LogP contribution in [0.4, 0.5) is 0 Å². The van der Waals surface area contributed by atoms with Crippen molar-refractivity contribution in [1.29, 1.82) is 0 Å². The molecule has 0 radical (unpaired) electrons. The van der Waals surface area contributed by atoms with E-state index in [9.17, 15) is 14.7 Å². The van der Waals surface area contributed by atoms with Crippen LogP contribution in [-0.4, -0.2) is 40.8 Å². The van der Waals surface area contributed by atoms with E-state index < -0.39 is 24.0 Å². The molecule has 0 saturated heterocycles. The number of aliphatic hydroxyl groups excluding tert-OH is 1. The predicted molar refractivity (Wildman–Crippen MR) is 72.4 cm³/mol. The van der Waals surface area contributed by atoms with Crippen LogP contribution < -0.4 is 10.6 Å². The number of benzene rings is 1. The Morgan fingerprint density at radius 3 is 2.80 bits per heavy atom. The quantitative estimate of drug-likeness (QED) is 0.616. The summed E-state index contributed by atoms with van der Waals surface area (Å²) in [5.74, 6) is -1.71. The molecule has 108 valence electrons. The van der Waals surface area contributed by atoms with Gasteiger partial charge in [0.2, 0.25) is 0 Å². The molecule has 1 amide bonds. The number of carbonyl (C=O) groups is 2. The molecule has 6 nitrogen and oxygen atoms in total. The Kier molecular flexibility index (Phi) is 4.36. The molecule has 20 heavy (non-hydrogen) atoms. The van der Waals surface area contributed by atoms with Crippen molar-refractivity contribution in [3.05, 3.63) is 34.9 Å². The molecule has 1 aliphatic rings. The van der Waals surface area contributed by atoms with Gasteiger partial charge in [0.1, 0.15) is 0 Å². The fourth-order valence-electron chi connectivity index (χ4n) is 2.35. The number of amides is 1. The second-order valence-electron chi connectivity index (χ2n) is 4.90. The highest BCUT2D eigenvalue weighted by Crippen LogP contribution is 2.18. The first-order valence-electron chi connectivity index (χ1n) is 6.54. The molecule has 4 N–H and O–H groups in total. The van der Waals surface area contributed by atoms with Crippen LogP contribution in [0.5, 0.6) is 0 Å². The maximum Gasteiger partial charge on any atom is 0.328 e. The molecule has 0 saturated carbocycles. The van der Waals surface area contributed by atoms with Crippen LogP contribution in [0.1, 0.15) is 28.4 Å². The van der Waals surface area contributed by atoms with Crippen LogP contribution in [0.3, 0.4) is 0 Å². The maximum absolute atomic E-state index is 12.2. The summed E-state index contributed by atoms with van der Waals surface area (Å²) in [5.41, 5.74) is 2.47. The number of aliphatic carboxylic acids is 1. The molecule has 1 heterocycles. The van der Waals surface area contributed by atoms with Gasteiger partial charge >= 0.3 is 5.97 Å². The minimum Gasteiger partial charge on any atom is -0.480 e. The summed E-state index contributed by atoms with van der Waals surface area (Å²) in [6.45, 7) is 2.83. The SMILES string of the molecule is CC(O)C(NC(=O)c1cccc2c1CCNC2)C(=O)O. The number of nitrogens with one attached hydrogen (secondary N) is 2. The molecular weight excluding hydrogens is 260 g/mol. The van der Waals surface area contributed by atoms with E-state index in [4.69, 9.17) is 5.11 Å². The monoisotopic (exact) mass is 278 g/mol. The Balaban J connectivity index is 2.23. The van der Waals surface area contributed by atoms with E-state index in [2.05, 4.69) is 10.6 Å². The van der Waals surface area contributed by atoms with Crippen molar-refractivity contribution < 1.29 is 19.8 Å². The molecule has 0 aromatic heterocycles. The van der Waals surface area contributed by atoms with Crippen molar-refractivity contribution in [3.63, 3.8) is 0 Å². The second-order valence-corrected chi connectivity index (χ2v) is 4.90. The lowest BCUT2D eigenvalue weighted by Crippen LogP contribution is -2.48. The first-order chi connectivity index (χ1) is 9.50. The van der Waals surface area contributed by atoms with Gasteiger partial charge in [0.05, 0.1) is 6.10 Å². The minimum absolute atomic E-state index is 0.461. The first kappa shape index (κ1) is 14.5. The van der Waals surface area contributed by atoms with Crippen molar-refractivity contribution >= 4 is 11.9 Å². The van der Waals surface area contributed by atoms with Gasteiger partial charge in [-0.05, 0) is 37.1 Å². The smallest absolute Gasteiger partial charge is 0.328 e. The lowest BCUT2D eigenvalue weighted by molar-refractivity contribution is -0.141. The average molecular weight is 278 g/mol. The van der Waals surface area contributed by atoms with Crippen LogP contribution >= 0.6 is 0 Å². The van der Waals surface area contributed by atoms with Gasteiger partial charge in [0, 0.05) is 12.1 Å². The van der Waals surface area contributed by atoms with E-state index in [0.29, 0.717) is 12.1 Å². The summed E-state index contributed by atoms with van der Waals surface area (Å²) in [4.78, 5) is 23.2. The maximum atomic E-state index is 12.2. The van der Waals surface area contributed by atoms with E-state index >= 15 is 0 Å². The van der Waals surface area contributed by atoms with Crippen molar-refractivity contribution in [2.45, 2.75) is 32.0 Å². The zero-order valence-corrected chi connectivity index (χ0v) is 11.2. The van der Waals surface area contributed by atoms with Crippen LogP contribution in [0.15, 0.2) is 18.2 Å². The highest BCUT2D eigenvalue weighted by atomic mass is 16.4. The predicted octanol–water partition coefficient (Wildman–Crippen LogP) is -0.104. The number of carbonyl (C=O) groups excluding carboxylic acids is 1. The Hall–Kier alpha value is -1.92. The Bertz CT molecular complexity index is 528. The number of carboxylic acid groups (broad SMARTS) is 1. The summed E-state index contributed by atoms with van der Waals surface area (Å²) < 4.78 is 0. The summed E-state index contributed by atoms with van der Waals surface area (Å²) in [5, 5.41) is 24.0. The third-order valence-corrected chi connectivity index (χ3v) is 3.42. The van der Waals surface area contributed by atoms with Crippen LogP contribution in [0.2, 0.25) is 0 Å². The normalized spacial score (nSPS) is 16.9. The molecule has 0 spiro atoms. The van der Waals surface area contributed by atoms with Crippen LogP contribution in [-0.2, 0) is 17.8 Å². The van der Waals surface area contributed by atoms with Gasteiger partial charge in [0.25, 0.3) is 5.91 Å². The Morgan fingerprint density at radius 2 is 2.15 bits per heavy atom. The summed E-state index contributed by atoms with van der Waals surface area (Å²) in [6.07, 6.45) is -0.427. The lowest BCUT2D eigenvalue weighted by atomic mass is 9.95. The van der Waals surface area contributed by atoms with Crippen molar-refractivity contribution in [2.75, 3.05) is 6.54 Å². The fourth-order valence-corrected chi connectivity index (χ4v) is 2.35. The summed E-state index contributed by atoms with van der Waals surface area (Å²) >= 11 is 0. The lowest BCUT2D eigenvalue weighted by Gasteiger charge is -2.22. The molecular formula is C14H18N2O4. The fraction of sp³-hybridized carbons (Fsp3) is 0.429. The van der Waals surface area contributed by atoms with Crippen LogP contribution in [0.25, 0.3) is 0 Å². The highest BCUT2D eigenvalue weighted by molar-refractivity contribution is 5.98. The van der Waals surface area contributed by atoms with E-state index in [-0.39, 0.29) is 0 Å². The number of aliphatic hydroxyl groups is 1. The molecule has 1 aromatic rings. The van der Waals surface area contributed by atoms with E-state index in [1.165, 1.54) is 6.92 Å². The van der Waals surface area contributed by atoms with Gasteiger partial charge in [-0.1, -0.05) is 12.1 Å². The number of hydrogen-bond acceptors (Lipinski definition) is 4. The van der Waals surface area contributed by atoms with Gasteiger partial charge < -0.3 is 20.8 Å². The van der Waals surface area contributed by atoms with Crippen molar-refractivity contribution in [3.8, 4) is 0 Å². The topological polar surface area (TPSA) is 98.7 Å². The van der Waals surface area contributed by atoms with Gasteiger partial charge in [-0.25, -0.2) is 4.79 Å². The Morgan fingerprint density at radius 1 is 1.40 bits per heavy atom. The zero-order chi connectivity index (χ0) is 14.7. The van der Waals surface area contributed by atoms with Crippen LogP contribution in [0, 0.1) is 0 Å². The molecule has 2 unspecified atom stereocenters. The zero-order valence-electron chi connectivity index (χ0n) is 11.2. The van der Waals surface area contributed by atoms with Gasteiger partial charge in [-0.2, -0.15) is 0 Å². The number of carboxylic acids is 1. The molecule has 1 aliphatic heterocycles. The third kappa shape index (κ3) is 2.97.